The normalized spacial score (nSPS) is 18.7. The van der Waals surface area contributed by atoms with Crippen LogP contribution in [0.4, 0.5) is 8.78 Å². The Morgan fingerprint density at radius 2 is 1.94 bits per heavy atom. The van der Waals surface area contributed by atoms with E-state index >= 15 is 0 Å². The lowest BCUT2D eigenvalue weighted by atomic mass is 10.1. The van der Waals surface area contributed by atoms with Gasteiger partial charge in [-0.3, -0.25) is 4.90 Å². The predicted octanol–water partition coefficient (Wildman–Crippen LogP) is 2.89. The molecule has 2 aromatic carbocycles. The first-order chi connectivity index (χ1) is 16.9. The Morgan fingerprint density at radius 1 is 1.11 bits per heavy atom. The maximum atomic E-state index is 13.4. The Morgan fingerprint density at radius 3 is 2.69 bits per heavy atom. The SMILES string of the molecule is COc1cc(CN2CCOC[C@](O)(COc3cc(F)cc(F)c3)C2)ccc1OCCn1ccnc1. The Kier molecular flexibility index (Phi) is 8.17. The van der Waals surface area contributed by atoms with Gasteiger partial charge in [-0.2, -0.15) is 0 Å². The minimum atomic E-state index is -1.35. The number of rotatable bonds is 10. The summed E-state index contributed by atoms with van der Waals surface area (Å²) in [6, 6.07) is 8.64. The summed E-state index contributed by atoms with van der Waals surface area (Å²) in [6.45, 7) is 2.85. The highest BCUT2D eigenvalue weighted by atomic mass is 19.1. The highest BCUT2D eigenvalue weighted by Crippen LogP contribution is 2.29. The van der Waals surface area contributed by atoms with Gasteiger partial charge in [-0.15, -0.1) is 0 Å². The lowest BCUT2D eigenvalue weighted by Crippen LogP contribution is -2.48. The van der Waals surface area contributed by atoms with Gasteiger partial charge < -0.3 is 28.6 Å². The van der Waals surface area contributed by atoms with E-state index in [1.807, 2.05) is 33.9 Å². The molecule has 1 aromatic heterocycles. The minimum absolute atomic E-state index is 0.0140. The van der Waals surface area contributed by atoms with E-state index in [1.165, 1.54) is 0 Å². The van der Waals surface area contributed by atoms with Crippen LogP contribution in [0, 0.1) is 11.6 Å². The summed E-state index contributed by atoms with van der Waals surface area (Å²) in [4.78, 5) is 6.05. The molecule has 1 fully saturated rings. The first-order valence-electron chi connectivity index (χ1n) is 11.3. The number of halogens is 2. The number of benzene rings is 2. The fourth-order valence-corrected chi connectivity index (χ4v) is 3.92. The van der Waals surface area contributed by atoms with Crippen molar-refractivity contribution in [1.29, 1.82) is 0 Å². The fourth-order valence-electron chi connectivity index (χ4n) is 3.92. The molecule has 1 aliphatic rings. The van der Waals surface area contributed by atoms with Crippen LogP contribution in [-0.4, -0.2) is 71.8 Å². The van der Waals surface area contributed by atoms with Crippen molar-refractivity contribution in [2.45, 2.75) is 18.7 Å². The van der Waals surface area contributed by atoms with Crippen molar-refractivity contribution >= 4 is 0 Å². The van der Waals surface area contributed by atoms with Crippen LogP contribution in [0.2, 0.25) is 0 Å². The lowest BCUT2D eigenvalue weighted by Gasteiger charge is -2.30. The second-order valence-electron chi connectivity index (χ2n) is 8.52. The van der Waals surface area contributed by atoms with Crippen LogP contribution in [0.25, 0.3) is 0 Å². The van der Waals surface area contributed by atoms with E-state index < -0.39 is 17.2 Å². The minimum Gasteiger partial charge on any atom is -0.493 e. The summed E-state index contributed by atoms with van der Waals surface area (Å²) in [5.74, 6) is -0.212. The third-order valence-corrected chi connectivity index (χ3v) is 5.58. The van der Waals surface area contributed by atoms with Crippen molar-refractivity contribution < 1.29 is 32.8 Å². The smallest absolute Gasteiger partial charge is 0.161 e. The van der Waals surface area contributed by atoms with Crippen molar-refractivity contribution in [2.24, 2.45) is 0 Å². The number of aromatic nitrogens is 2. The van der Waals surface area contributed by atoms with Crippen LogP contribution in [0.3, 0.4) is 0 Å². The van der Waals surface area contributed by atoms with Gasteiger partial charge >= 0.3 is 0 Å². The second kappa shape index (κ2) is 11.5. The van der Waals surface area contributed by atoms with Crippen LogP contribution in [0.15, 0.2) is 55.1 Å². The Hall–Kier alpha value is -3.21. The first kappa shape index (κ1) is 24.9. The zero-order chi connectivity index (χ0) is 24.7. The molecule has 0 radical (unpaired) electrons. The van der Waals surface area contributed by atoms with Crippen LogP contribution >= 0.6 is 0 Å². The number of nitrogens with zero attached hydrogens (tertiary/aromatic N) is 3. The Labute approximate surface area is 202 Å². The van der Waals surface area contributed by atoms with Crippen LogP contribution in [-0.2, 0) is 17.8 Å². The molecule has 0 bridgehead atoms. The van der Waals surface area contributed by atoms with Gasteiger partial charge in [0.05, 0.1) is 33.2 Å². The Bertz CT molecular complexity index is 1080. The first-order valence-corrected chi connectivity index (χ1v) is 11.3. The summed E-state index contributed by atoms with van der Waals surface area (Å²) < 4.78 is 51.3. The lowest BCUT2D eigenvalue weighted by molar-refractivity contribution is -0.0647. The highest BCUT2D eigenvalue weighted by molar-refractivity contribution is 5.43. The fraction of sp³-hybridized carbons (Fsp3) is 0.400. The molecule has 1 atom stereocenters. The van der Waals surface area contributed by atoms with Gasteiger partial charge in [0.1, 0.15) is 36.2 Å². The zero-order valence-corrected chi connectivity index (χ0v) is 19.5. The maximum Gasteiger partial charge on any atom is 0.161 e. The van der Waals surface area contributed by atoms with Gasteiger partial charge in [-0.05, 0) is 17.7 Å². The molecule has 2 heterocycles. The highest BCUT2D eigenvalue weighted by Gasteiger charge is 2.33. The van der Waals surface area contributed by atoms with Crippen LogP contribution < -0.4 is 14.2 Å². The average Bonchev–Trinajstić information content (AvgIpc) is 3.27. The maximum absolute atomic E-state index is 13.4. The van der Waals surface area contributed by atoms with Crippen molar-refractivity contribution in [3.8, 4) is 17.2 Å². The molecule has 35 heavy (non-hydrogen) atoms. The third kappa shape index (κ3) is 7.14. The molecule has 0 unspecified atom stereocenters. The number of imidazole rings is 1. The van der Waals surface area contributed by atoms with E-state index in [2.05, 4.69) is 4.98 Å². The molecule has 0 spiro atoms. The monoisotopic (exact) mass is 489 g/mol. The van der Waals surface area contributed by atoms with E-state index in [9.17, 15) is 13.9 Å². The molecule has 0 amide bonds. The van der Waals surface area contributed by atoms with Crippen LogP contribution in [0.1, 0.15) is 5.56 Å². The standard InChI is InChI=1S/C25H29F2N3O5/c1-32-24-10-19(2-3-23(24)34-9-7-29-5-4-28-18-29)14-30-6-8-33-16-25(31,15-30)17-35-22-12-20(26)11-21(27)13-22/h2-5,10-13,18,31H,6-9,14-17H2,1H3/t25-/m0/s1. The molecule has 4 rings (SSSR count). The number of ether oxygens (including phenoxy) is 4. The number of β-amino-alcohol motifs (C(OH)–C–C–N with tert-alkyl or cyclic N) is 1. The summed E-state index contributed by atoms with van der Waals surface area (Å²) in [5, 5.41) is 11.1. The van der Waals surface area contributed by atoms with Gasteiger partial charge in [-0.1, -0.05) is 6.07 Å². The molecular formula is C25H29F2N3O5. The number of aliphatic hydroxyl groups is 1. The topological polar surface area (TPSA) is 78.2 Å². The van der Waals surface area contributed by atoms with Crippen molar-refractivity contribution in [3.63, 3.8) is 0 Å². The van der Waals surface area contributed by atoms with Gasteiger partial charge in [0.25, 0.3) is 0 Å². The molecule has 3 aromatic rings. The Balaban J connectivity index is 1.36. The van der Waals surface area contributed by atoms with Crippen molar-refractivity contribution in [3.05, 3.63) is 72.3 Å². The number of methoxy groups -OCH3 is 1. The predicted molar refractivity (Wildman–Crippen MR) is 124 cm³/mol. The van der Waals surface area contributed by atoms with Crippen molar-refractivity contribution in [2.75, 3.05) is 46.6 Å². The molecule has 1 aliphatic heterocycles. The van der Waals surface area contributed by atoms with Crippen LogP contribution in [0.5, 0.6) is 17.2 Å². The van der Waals surface area contributed by atoms with E-state index in [0.717, 1.165) is 23.8 Å². The van der Waals surface area contributed by atoms with Gasteiger partial charge in [0, 0.05) is 50.2 Å². The number of hydrogen-bond acceptors (Lipinski definition) is 7. The van der Waals surface area contributed by atoms with Crippen molar-refractivity contribution in [1.82, 2.24) is 14.5 Å². The molecule has 10 heteroatoms. The van der Waals surface area contributed by atoms with Gasteiger partial charge in [0.15, 0.2) is 11.5 Å². The molecule has 8 nitrogen and oxygen atoms in total. The molecule has 0 saturated carbocycles. The summed E-state index contributed by atoms with van der Waals surface area (Å²) in [6.07, 6.45) is 5.33. The zero-order valence-electron chi connectivity index (χ0n) is 19.5. The molecule has 0 aliphatic carbocycles. The molecule has 1 N–H and O–H groups in total. The summed E-state index contributed by atoms with van der Waals surface area (Å²) >= 11 is 0. The average molecular weight is 490 g/mol. The quantitative estimate of drug-likeness (QED) is 0.469. The second-order valence-corrected chi connectivity index (χ2v) is 8.52. The van der Waals surface area contributed by atoms with Gasteiger partial charge in [0.2, 0.25) is 0 Å². The van der Waals surface area contributed by atoms with E-state index in [-0.39, 0.29) is 25.5 Å². The third-order valence-electron chi connectivity index (χ3n) is 5.58. The van der Waals surface area contributed by atoms with E-state index in [0.29, 0.717) is 44.3 Å². The van der Waals surface area contributed by atoms with Gasteiger partial charge in [-0.25, -0.2) is 13.8 Å². The van der Waals surface area contributed by atoms with E-state index in [4.69, 9.17) is 18.9 Å². The molecule has 1 saturated heterocycles. The van der Waals surface area contributed by atoms with E-state index in [1.54, 1.807) is 19.6 Å². The molecular weight excluding hydrogens is 460 g/mol. The molecule has 188 valence electrons. The summed E-state index contributed by atoms with van der Waals surface area (Å²) in [7, 11) is 1.59. The number of hydrogen-bond donors (Lipinski definition) is 1. The largest absolute Gasteiger partial charge is 0.493 e. The summed E-state index contributed by atoms with van der Waals surface area (Å²) in [5.41, 5.74) is -0.374.